The lowest BCUT2D eigenvalue weighted by Gasteiger charge is -2.25. The molecule has 13 heteroatoms. The van der Waals surface area contributed by atoms with Gasteiger partial charge in [0.1, 0.15) is 12.6 Å². The molecule has 186 valence electrons. The predicted octanol–water partition coefficient (Wildman–Crippen LogP) is 4.63. The second-order valence-corrected chi connectivity index (χ2v) is 9.33. The van der Waals surface area contributed by atoms with Crippen LogP contribution in [0.5, 0.6) is 0 Å². The number of alkyl halides is 3. The zero-order valence-electron chi connectivity index (χ0n) is 18.5. The molecule has 3 aromatic rings. The Hall–Kier alpha value is -4.44. The van der Waals surface area contributed by atoms with Gasteiger partial charge in [0.15, 0.2) is 0 Å². The highest BCUT2D eigenvalue weighted by Gasteiger charge is 2.34. The first-order chi connectivity index (χ1) is 16.8. The quantitative estimate of drug-likeness (QED) is 0.358. The molecule has 0 bridgehead atoms. The number of carbonyl (C=O) groups is 1. The topological polar surface area (TPSA) is 133 Å². The standard InChI is InChI=1S/C23H17F3N4O5S/c1-15-9-10-19(12-21(15)30(32)33)36(34,35)29(18-7-4-6-17(11-18)23(24,25)26)14-22(31)28-20-8-3-2-5-16(20)13-27/h2-12H,14H2,1H3,(H,28,31). The van der Waals surface area contributed by atoms with E-state index in [4.69, 9.17) is 0 Å². The summed E-state index contributed by atoms with van der Waals surface area (Å²) in [4.78, 5) is 22.7. The number of nitro groups is 1. The zero-order chi connectivity index (χ0) is 26.7. The molecule has 0 atom stereocenters. The molecule has 0 saturated heterocycles. The minimum atomic E-state index is -4.80. The van der Waals surface area contributed by atoms with E-state index < -0.39 is 55.4 Å². The highest BCUT2D eigenvalue weighted by Crippen LogP contribution is 2.34. The van der Waals surface area contributed by atoms with Crippen molar-refractivity contribution in [1.29, 1.82) is 5.26 Å². The SMILES string of the molecule is Cc1ccc(S(=O)(=O)N(CC(=O)Nc2ccccc2C#N)c2cccc(C(F)(F)F)c2)cc1[N+](=O)[O-]. The van der Waals surface area contributed by atoms with Crippen LogP contribution in [0.25, 0.3) is 0 Å². The molecule has 0 heterocycles. The molecule has 0 unspecified atom stereocenters. The number of benzene rings is 3. The first-order valence-corrected chi connectivity index (χ1v) is 11.5. The number of hydrogen-bond donors (Lipinski definition) is 1. The molecule has 1 N–H and O–H groups in total. The first-order valence-electron chi connectivity index (χ1n) is 10.1. The molecule has 0 aliphatic rings. The Morgan fingerprint density at radius 2 is 1.81 bits per heavy atom. The molecular formula is C23H17F3N4O5S. The summed E-state index contributed by atoms with van der Waals surface area (Å²) in [5.74, 6) is -0.958. The van der Waals surface area contributed by atoms with Crippen LogP contribution in [0.1, 0.15) is 16.7 Å². The third kappa shape index (κ3) is 5.61. The minimum Gasteiger partial charge on any atom is -0.323 e. The van der Waals surface area contributed by atoms with Crippen molar-refractivity contribution in [3.8, 4) is 6.07 Å². The Morgan fingerprint density at radius 1 is 1.11 bits per heavy atom. The molecule has 0 radical (unpaired) electrons. The van der Waals surface area contributed by atoms with E-state index in [0.29, 0.717) is 10.4 Å². The second kappa shape index (κ2) is 10.0. The maximum atomic E-state index is 13.5. The Bertz CT molecular complexity index is 1480. The predicted molar refractivity (Wildman–Crippen MR) is 124 cm³/mol. The number of aryl methyl sites for hydroxylation is 1. The highest BCUT2D eigenvalue weighted by molar-refractivity contribution is 7.92. The van der Waals surface area contributed by atoms with Gasteiger partial charge >= 0.3 is 6.18 Å². The lowest BCUT2D eigenvalue weighted by molar-refractivity contribution is -0.385. The van der Waals surface area contributed by atoms with E-state index in [2.05, 4.69) is 5.32 Å². The average Bonchev–Trinajstić information content (AvgIpc) is 2.82. The van der Waals surface area contributed by atoms with Crippen LogP contribution in [0.3, 0.4) is 0 Å². The van der Waals surface area contributed by atoms with Gasteiger partial charge in [-0.25, -0.2) is 8.42 Å². The molecule has 0 spiro atoms. The highest BCUT2D eigenvalue weighted by atomic mass is 32.2. The van der Waals surface area contributed by atoms with Gasteiger partial charge in [0, 0.05) is 11.6 Å². The molecule has 1 amide bonds. The van der Waals surface area contributed by atoms with Crippen molar-refractivity contribution in [2.45, 2.75) is 18.0 Å². The van der Waals surface area contributed by atoms with Gasteiger partial charge in [-0.2, -0.15) is 18.4 Å². The number of nitriles is 1. The zero-order valence-corrected chi connectivity index (χ0v) is 19.3. The number of sulfonamides is 1. The summed E-state index contributed by atoms with van der Waals surface area (Å²) < 4.78 is 67.3. The summed E-state index contributed by atoms with van der Waals surface area (Å²) in [7, 11) is -4.76. The fourth-order valence-electron chi connectivity index (χ4n) is 3.24. The van der Waals surface area contributed by atoms with Crippen molar-refractivity contribution in [1.82, 2.24) is 0 Å². The Balaban J connectivity index is 2.10. The van der Waals surface area contributed by atoms with Crippen molar-refractivity contribution < 1.29 is 31.3 Å². The van der Waals surface area contributed by atoms with Crippen LogP contribution in [-0.4, -0.2) is 25.8 Å². The van der Waals surface area contributed by atoms with Gasteiger partial charge in [-0.1, -0.05) is 24.3 Å². The van der Waals surface area contributed by atoms with Gasteiger partial charge in [-0.3, -0.25) is 19.2 Å². The van der Waals surface area contributed by atoms with E-state index in [1.807, 2.05) is 6.07 Å². The molecule has 3 aromatic carbocycles. The number of carbonyl (C=O) groups excluding carboxylic acids is 1. The van der Waals surface area contributed by atoms with Crippen LogP contribution in [0.15, 0.2) is 71.6 Å². The Labute approximate surface area is 203 Å². The van der Waals surface area contributed by atoms with Crippen molar-refractivity contribution in [2.75, 3.05) is 16.2 Å². The number of para-hydroxylation sites is 1. The summed E-state index contributed by atoms with van der Waals surface area (Å²) in [5, 5.41) is 22.9. The maximum Gasteiger partial charge on any atom is 0.416 e. The third-order valence-electron chi connectivity index (χ3n) is 5.04. The maximum absolute atomic E-state index is 13.5. The van der Waals surface area contributed by atoms with Crippen LogP contribution in [-0.2, 0) is 21.0 Å². The van der Waals surface area contributed by atoms with Gasteiger partial charge in [0.25, 0.3) is 15.7 Å². The van der Waals surface area contributed by atoms with E-state index in [1.165, 1.54) is 37.3 Å². The lowest BCUT2D eigenvalue weighted by atomic mass is 10.2. The van der Waals surface area contributed by atoms with Crippen molar-refractivity contribution in [3.63, 3.8) is 0 Å². The molecule has 0 aliphatic carbocycles. The van der Waals surface area contributed by atoms with Crippen LogP contribution in [0.4, 0.5) is 30.2 Å². The first kappa shape index (κ1) is 26.2. The van der Waals surface area contributed by atoms with Crippen molar-refractivity contribution >= 4 is 33.0 Å². The largest absolute Gasteiger partial charge is 0.416 e. The number of nitrogens with zero attached hydrogens (tertiary/aromatic N) is 3. The van der Waals surface area contributed by atoms with Crippen molar-refractivity contribution in [2.24, 2.45) is 0 Å². The Kier molecular flexibility index (Phi) is 7.30. The Morgan fingerprint density at radius 3 is 2.44 bits per heavy atom. The van der Waals surface area contributed by atoms with E-state index >= 15 is 0 Å². The third-order valence-corrected chi connectivity index (χ3v) is 6.81. The van der Waals surface area contributed by atoms with Crippen LogP contribution in [0.2, 0.25) is 0 Å². The minimum absolute atomic E-state index is 0.0670. The molecular weight excluding hydrogens is 501 g/mol. The molecule has 36 heavy (non-hydrogen) atoms. The van der Waals surface area contributed by atoms with Gasteiger partial charge in [0.2, 0.25) is 5.91 Å². The fourth-order valence-corrected chi connectivity index (χ4v) is 4.67. The molecule has 0 aromatic heterocycles. The number of halogens is 3. The number of anilines is 2. The summed E-state index contributed by atoms with van der Waals surface area (Å²) in [6.07, 6.45) is -4.80. The van der Waals surface area contributed by atoms with Gasteiger partial charge in [-0.05, 0) is 43.3 Å². The summed E-state index contributed by atoms with van der Waals surface area (Å²) >= 11 is 0. The molecule has 3 rings (SSSR count). The molecule has 9 nitrogen and oxygen atoms in total. The smallest absolute Gasteiger partial charge is 0.323 e. The average molecular weight is 518 g/mol. The number of hydrogen-bond acceptors (Lipinski definition) is 6. The van der Waals surface area contributed by atoms with Crippen molar-refractivity contribution in [3.05, 3.63) is 93.5 Å². The molecule has 0 aliphatic heterocycles. The summed E-state index contributed by atoms with van der Waals surface area (Å²) in [5.41, 5.74) is -1.86. The monoisotopic (exact) mass is 518 g/mol. The van der Waals surface area contributed by atoms with E-state index in [9.17, 15) is 41.8 Å². The van der Waals surface area contributed by atoms with Crippen LogP contribution >= 0.6 is 0 Å². The lowest BCUT2D eigenvalue weighted by Crippen LogP contribution is -2.38. The summed E-state index contributed by atoms with van der Waals surface area (Å²) in [6, 6.07) is 14.0. The van der Waals surface area contributed by atoms with E-state index in [1.54, 1.807) is 0 Å². The van der Waals surface area contributed by atoms with Gasteiger partial charge < -0.3 is 5.32 Å². The number of nitro benzene ring substituents is 1. The molecule has 0 saturated carbocycles. The van der Waals surface area contributed by atoms with E-state index in [0.717, 1.165) is 30.3 Å². The summed E-state index contributed by atoms with van der Waals surface area (Å²) in [6.45, 7) is 0.407. The normalized spacial score (nSPS) is 11.4. The number of rotatable bonds is 7. The van der Waals surface area contributed by atoms with Crippen LogP contribution in [0, 0.1) is 28.4 Å². The fraction of sp³-hybridized carbons (Fsp3) is 0.130. The molecule has 0 fully saturated rings. The van der Waals surface area contributed by atoms with Gasteiger partial charge in [0.05, 0.1) is 32.3 Å². The van der Waals surface area contributed by atoms with E-state index in [-0.39, 0.29) is 16.8 Å². The van der Waals surface area contributed by atoms with Crippen LogP contribution < -0.4 is 9.62 Å². The number of nitrogens with one attached hydrogen (secondary N) is 1. The van der Waals surface area contributed by atoms with Gasteiger partial charge in [-0.15, -0.1) is 0 Å². The number of amides is 1. The second-order valence-electron chi connectivity index (χ2n) is 7.47.